The lowest BCUT2D eigenvalue weighted by atomic mass is 9.70. The van der Waals surface area contributed by atoms with Crippen LogP contribution in [0.1, 0.15) is 49.0 Å². The third kappa shape index (κ3) is 3.77. The molecular formula is C15H20ClNO3S. The van der Waals surface area contributed by atoms with Crippen LogP contribution in [0.4, 0.5) is 0 Å². The summed E-state index contributed by atoms with van der Waals surface area (Å²) in [6.45, 7) is 4.61. The fourth-order valence-electron chi connectivity index (χ4n) is 2.57. The summed E-state index contributed by atoms with van der Waals surface area (Å²) in [6, 6.07) is 4.65. The average molecular weight is 330 g/mol. The van der Waals surface area contributed by atoms with Gasteiger partial charge in [0, 0.05) is 22.8 Å². The summed E-state index contributed by atoms with van der Waals surface area (Å²) in [4.78, 5) is 12.2. The topological polar surface area (TPSA) is 63.2 Å². The van der Waals surface area contributed by atoms with Crippen molar-refractivity contribution in [2.45, 2.75) is 44.4 Å². The highest BCUT2D eigenvalue weighted by molar-refractivity contribution is 8.13. The molecule has 1 aromatic carbocycles. The Kier molecular flexibility index (Phi) is 4.63. The predicted octanol–water partition coefficient (Wildman–Crippen LogP) is 3.10. The molecule has 1 aromatic rings. The normalized spacial score (nSPS) is 17.1. The molecule has 1 N–H and O–H groups in total. The van der Waals surface area contributed by atoms with E-state index in [2.05, 4.69) is 12.2 Å². The molecule has 0 heterocycles. The number of hydrogen-bond donors (Lipinski definition) is 1. The molecule has 1 aliphatic carbocycles. The van der Waals surface area contributed by atoms with Crippen LogP contribution in [-0.2, 0) is 15.5 Å². The number of carbonyl (C=O) groups excluding carboxylic acids is 1. The maximum absolute atomic E-state index is 12.2. The number of carbonyl (C=O) groups is 1. The number of halogens is 1. The van der Waals surface area contributed by atoms with Crippen LogP contribution < -0.4 is 5.32 Å². The first-order valence-corrected chi connectivity index (χ1v) is 9.42. The van der Waals surface area contributed by atoms with Gasteiger partial charge in [0.15, 0.2) is 0 Å². The van der Waals surface area contributed by atoms with Gasteiger partial charge in [-0.25, -0.2) is 8.42 Å². The van der Waals surface area contributed by atoms with Crippen molar-refractivity contribution in [3.63, 3.8) is 0 Å². The molecule has 0 bridgehead atoms. The zero-order chi connectivity index (χ0) is 15.7. The summed E-state index contributed by atoms with van der Waals surface area (Å²) >= 11 is 0. The Morgan fingerprint density at radius 1 is 1.38 bits per heavy atom. The summed E-state index contributed by atoms with van der Waals surface area (Å²) in [5.74, 6) is -0.257. The van der Waals surface area contributed by atoms with Gasteiger partial charge in [-0.05, 0) is 42.4 Å². The molecule has 1 amide bonds. The van der Waals surface area contributed by atoms with Crippen LogP contribution in [-0.4, -0.2) is 20.9 Å². The fourth-order valence-corrected chi connectivity index (χ4v) is 3.79. The van der Waals surface area contributed by atoms with E-state index in [1.807, 2.05) is 6.92 Å². The van der Waals surface area contributed by atoms with Crippen molar-refractivity contribution in [1.29, 1.82) is 0 Å². The van der Waals surface area contributed by atoms with Crippen molar-refractivity contribution >= 4 is 25.6 Å². The van der Waals surface area contributed by atoms with Crippen molar-refractivity contribution in [3.8, 4) is 0 Å². The van der Waals surface area contributed by atoms with Crippen molar-refractivity contribution in [2.24, 2.45) is 5.41 Å². The van der Waals surface area contributed by atoms with Gasteiger partial charge in [0.25, 0.3) is 15.0 Å². The Labute approximate surface area is 130 Å². The minimum Gasteiger partial charge on any atom is -0.351 e. The SMILES string of the molecule is CCc1ccc(C(=O)NCC2(C)CCC2)cc1S(=O)(=O)Cl. The Morgan fingerprint density at radius 2 is 2.05 bits per heavy atom. The number of rotatable bonds is 5. The van der Waals surface area contributed by atoms with Gasteiger partial charge in [0.1, 0.15) is 0 Å². The molecule has 2 rings (SSSR count). The third-order valence-corrected chi connectivity index (χ3v) is 5.61. The van der Waals surface area contributed by atoms with E-state index < -0.39 is 9.05 Å². The summed E-state index contributed by atoms with van der Waals surface area (Å²) in [5.41, 5.74) is 1.13. The molecule has 21 heavy (non-hydrogen) atoms. The monoisotopic (exact) mass is 329 g/mol. The van der Waals surface area contributed by atoms with E-state index >= 15 is 0 Å². The van der Waals surface area contributed by atoms with Gasteiger partial charge in [-0.1, -0.05) is 26.3 Å². The predicted molar refractivity (Wildman–Crippen MR) is 83.2 cm³/mol. The van der Waals surface area contributed by atoms with E-state index in [-0.39, 0.29) is 16.2 Å². The average Bonchev–Trinajstić information content (AvgIpc) is 2.41. The number of hydrogen-bond acceptors (Lipinski definition) is 3. The van der Waals surface area contributed by atoms with Crippen LogP contribution >= 0.6 is 10.7 Å². The number of benzene rings is 1. The number of nitrogens with one attached hydrogen (secondary N) is 1. The van der Waals surface area contributed by atoms with Crippen molar-refractivity contribution < 1.29 is 13.2 Å². The quantitative estimate of drug-likeness (QED) is 0.844. The van der Waals surface area contributed by atoms with Crippen molar-refractivity contribution in [1.82, 2.24) is 5.32 Å². The van der Waals surface area contributed by atoms with Crippen LogP contribution in [0, 0.1) is 5.41 Å². The van der Waals surface area contributed by atoms with Crippen molar-refractivity contribution in [2.75, 3.05) is 6.54 Å². The summed E-state index contributed by atoms with van der Waals surface area (Å²) < 4.78 is 23.2. The smallest absolute Gasteiger partial charge is 0.261 e. The minimum absolute atomic E-state index is 0.0224. The Morgan fingerprint density at radius 3 is 2.52 bits per heavy atom. The van der Waals surface area contributed by atoms with Gasteiger partial charge in [0.2, 0.25) is 0 Å². The molecule has 116 valence electrons. The Balaban J connectivity index is 2.18. The summed E-state index contributed by atoms with van der Waals surface area (Å²) in [7, 11) is 1.59. The molecule has 0 aliphatic heterocycles. The largest absolute Gasteiger partial charge is 0.351 e. The highest BCUT2D eigenvalue weighted by Crippen LogP contribution is 2.39. The maximum Gasteiger partial charge on any atom is 0.261 e. The van der Waals surface area contributed by atoms with E-state index in [9.17, 15) is 13.2 Å². The highest BCUT2D eigenvalue weighted by atomic mass is 35.7. The molecule has 1 fully saturated rings. The van der Waals surface area contributed by atoms with Crippen LogP contribution in [0.2, 0.25) is 0 Å². The molecule has 6 heteroatoms. The van der Waals surface area contributed by atoms with Crippen LogP contribution in [0.5, 0.6) is 0 Å². The number of aryl methyl sites for hydroxylation is 1. The van der Waals surface area contributed by atoms with Gasteiger partial charge < -0.3 is 5.32 Å². The first-order chi connectivity index (χ1) is 9.75. The lowest BCUT2D eigenvalue weighted by Gasteiger charge is -2.38. The van der Waals surface area contributed by atoms with Crippen LogP contribution in [0.3, 0.4) is 0 Å². The molecule has 0 atom stereocenters. The second-order valence-electron chi connectivity index (χ2n) is 5.96. The Bertz CT molecular complexity index is 651. The van der Waals surface area contributed by atoms with Gasteiger partial charge in [-0.2, -0.15) is 0 Å². The standard InChI is InChI=1S/C15H20ClNO3S/c1-3-11-5-6-12(9-13(11)21(16,19)20)14(18)17-10-15(2)7-4-8-15/h5-6,9H,3-4,7-8,10H2,1-2H3,(H,17,18). The van der Waals surface area contributed by atoms with E-state index in [0.29, 0.717) is 24.1 Å². The molecular weight excluding hydrogens is 310 g/mol. The van der Waals surface area contributed by atoms with Crippen LogP contribution in [0.15, 0.2) is 23.1 Å². The molecule has 1 aliphatic rings. The highest BCUT2D eigenvalue weighted by Gasteiger charge is 2.32. The van der Waals surface area contributed by atoms with E-state index in [0.717, 1.165) is 12.8 Å². The molecule has 4 nitrogen and oxygen atoms in total. The molecule has 0 spiro atoms. The summed E-state index contributed by atoms with van der Waals surface area (Å²) in [6.07, 6.45) is 3.97. The lowest BCUT2D eigenvalue weighted by Crippen LogP contribution is -2.39. The van der Waals surface area contributed by atoms with E-state index in [1.54, 1.807) is 12.1 Å². The van der Waals surface area contributed by atoms with Gasteiger partial charge >= 0.3 is 0 Å². The Hall–Kier alpha value is -1.07. The minimum atomic E-state index is -3.85. The lowest BCUT2D eigenvalue weighted by molar-refractivity contribution is 0.0890. The molecule has 1 saturated carbocycles. The number of amides is 1. The van der Waals surface area contributed by atoms with E-state index in [1.165, 1.54) is 12.5 Å². The zero-order valence-corrected chi connectivity index (χ0v) is 13.9. The van der Waals surface area contributed by atoms with Crippen molar-refractivity contribution in [3.05, 3.63) is 29.3 Å². The first-order valence-electron chi connectivity index (χ1n) is 7.11. The zero-order valence-electron chi connectivity index (χ0n) is 12.3. The summed E-state index contributed by atoms with van der Waals surface area (Å²) in [5, 5.41) is 2.88. The van der Waals surface area contributed by atoms with Gasteiger partial charge in [-0.3, -0.25) is 4.79 Å². The molecule has 0 aromatic heterocycles. The first kappa shape index (κ1) is 16.3. The second kappa shape index (κ2) is 5.97. The fraction of sp³-hybridized carbons (Fsp3) is 0.533. The van der Waals surface area contributed by atoms with E-state index in [4.69, 9.17) is 10.7 Å². The van der Waals surface area contributed by atoms with Gasteiger partial charge in [0.05, 0.1) is 4.90 Å². The molecule has 0 unspecified atom stereocenters. The molecule has 0 saturated heterocycles. The van der Waals surface area contributed by atoms with Gasteiger partial charge in [-0.15, -0.1) is 0 Å². The second-order valence-corrected chi connectivity index (χ2v) is 8.50. The third-order valence-electron chi connectivity index (χ3n) is 4.21. The molecule has 0 radical (unpaired) electrons. The van der Waals surface area contributed by atoms with Crippen LogP contribution in [0.25, 0.3) is 0 Å². The maximum atomic E-state index is 12.2.